The van der Waals surface area contributed by atoms with E-state index in [1.54, 1.807) is 12.4 Å². The molecule has 5 rings (SSSR count). The fraction of sp³-hybridized carbons (Fsp3) is 0.310. The normalized spacial score (nSPS) is 16.4. The highest BCUT2D eigenvalue weighted by Crippen LogP contribution is 2.42. The summed E-state index contributed by atoms with van der Waals surface area (Å²) in [6.45, 7) is 6.43. The summed E-state index contributed by atoms with van der Waals surface area (Å²) < 4.78 is 11.5. The van der Waals surface area contributed by atoms with Crippen LogP contribution in [0, 0.1) is 11.3 Å². The number of pyridine rings is 2. The van der Waals surface area contributed by atoms with Crippen LogP contribution in [-0.4, -0.2) is 59.7 Å². The number of hydrogen-bond donors (Lipinski definition) is 1. The van der Waals surface area contributed by atoms with E-state index in [4.69, 9.17) is 9.47 Å². The molecule has 1 aromatic carbocycles. The standard InChI is InChI=1S/C29H29N5O3/c1-2-21-19-36-15-13-34(21)14-16-37-22-9-7-20(8-10-22)18-33-29(35)25(17-30)26-27-23(5-3-11-31-27)24-6-4-12-32-28(24)26/h3-12,21H,2,13-16,18-19H2,1H3,(H,33,35)/t21-/m1/s1. The van der Waals surface area contributed by atoms with Crippen molar-refractivity contribution >= 4 is 11.5 Å². The van der Waals surface area contributed by atoms with E-state index in [0.29, 0.717) is 29.6 Å². The fourth-order valence-electron chi connectivity index (χ4n) is 4.83. The molecule has 1 saturated heterocycles. The Hall–Kier alpha value is -4.06. The quantitative estimate of drug-likeness (QED) is 0.295. The van der Waals surface area contributed by atoms with Gasteiger partial charge in [-0.3, -0.25) is 19.7 Å². The molecule has 0 bridgehead atoms. The van der Waals surface area contributed by atoms with Gasteiger partial charge in [-0.05, 0) is 36.2 Å². The third-order valence-corrected chi connectivity index (χ3v) is 6.81. The first-order chi connectivity index (χ1) is 18.2. The first-order valence-electron chi connectivity index (χ1n) is 12.6. The van der Waals surface area contributed by atoms with E-state index in [2.05, 4.69) is 33.2 Å². The third kappa shape index (κ3) is 5.24. The lowest BCUT2D eigenvalue weighted by Gasteiger charge is -2.34. The molecule has 8 heteroatoms. The summed E-state index contributed by atoms with van der Waals surface area (Å²) >= 11 is 0. The number of carbonyl (C=O) groups is 1. The highest BCUT2D eigenvalue weighted by Gasteiger charge is 2.30. The molecular weight excluding hydrogens is 466 g/mol. The Labute approximate surface area is 216 Å². The second kappa shape index (κ2) is 11.3. The second-order valence-electron chi connectivity index (χ2n) is 9.01. The van der Waals surface area contributed by atoms with Crippen molar-refractivity contribution in [2.45, 2.75) is 25.9 Å². The molecule has 2 aliphatic rings. The lowest BCUT2D eigenvalue weighted by atomic mass is 10.0. The van der Waals surface area contributed by atoms with Gasteiger partial charge in [-0.25, -0.2) is 0 Å². The second-order valence-corrected chi connectivity index (χ2v) is 9.01. The lowest BCUT2D eigenvalue weighted by Crippen LogP contribution is -2.46. The van der Waals surface area contributed by atoms with Crippen molar-refractivity contribution in [2.75, 3.05) is 32.9 Å². The largest absolute Gasteiger partial charge is 0.492 e. The minimum absolute atomic E-state index is 0.00542. The zero-order valence-corrected chi connectivity index (χ0v) is 20.8. The first kappa shape index (κ1) is 24.6. The van der Waals surface area contributed by atoms with Gasteiger partial charge in [0.15, 0.2) is 0 Å². The van der Waals surface area contributed by atoms with Crippen LogP contribution in [0.15, 0.2) is 66.5 Å². The molecule has 1 N–H and O–H groups in total. The molecule has 3 heterocycles. The molecule has 0 saturated carbocycles. The maximum atomic E-state index is 13.1. The summed E-state index contributed by atoms with van der Waals surface area (Å²) in [7, 11) is 0. The van der Waals surface area contributed by atoms with Crippen molar-refractivity contribution in [2.24, 2.45) is 0 Å². The highest BCUT2D eigenvalue weighted by molar-refractivity contribution is 6.12. The van der Waals surface area contributed by atoms with Gasteiger partial charge >= 0.3 is 0 Å². The Morgan fingerprint density at radius 1 is 1.14 bits per heavy atom. The monoisotopic (exact) mass is 495 g/mol. The van der Waals surface area contributed by atoms with E-state index in [1.165, 1.54) is 0 Å². The zero-order chi connectivity index (χ0) is 25.6. The number of rotatable bonds is 8. The highest BCUT2D eigenvalue weighted by atomic mass is 16.5. The average Bonchev–Trinajstić information content (AvgIpc) is 3.28. The summed E-state index contributed by atoms with van der Waals surface area (Å²) in [6, 6.07) is 17.7. The van der Waals surface area contributed by atoms with Crippen molar-refractivity contribution in [1.29, 1.82) is 5.26 Å². The van der Waals surface area contributed by atoms with Crippen LogP contribution in [-0.2, 0) is 16.1 Å². The minimum atomic E-state index is -0.455. The molecule has 37 heavy (non-hydrogen) atoms. The van der Waals surface area contributed by atoms with Crippen LogP contribution in [0.2, 0.25) is 0 Å². The topological polar surface area (TPSA) is 100 Å². The number of nitriles is 1. The number of ether oxygens (including phenoxy) is 2. The van der Waals surface area contributed by atoms with Crippen LogP contribution in [0.3, 0.4) is 0 Å². The van der Waals surface area contributed by atoms with Gasteiger partial charge in [-0.15, -0.1) is 0 Å². The molecule has 1 fully saturated rings. The molecule has 1 atom stereocenters. The predicted molar refractivity (Wildman–Crippen MR) is 139 cm³/mol. The van der Waals surface area contributed by atoms with Crippen LogP contribution in [0.25, 0.3) is 16.7 Å². The van der Waals surface area contributed by atoms with Crippen LogP contribution in [0.5, 0.6) is 5.75 Å². The number of hydrogen-bond acceptors (Lipinski definition) is 7. The lowest BCUT2D eigenvalue weighted by molar-refractivity contribution is -0.117. The van der Waals surface area contributed by atoms with Gasteiger partial charge in [0.1, 0.15) is 24.0 Å². The number of fused-ring (bicyclic) bond motifs is 3. The molecule has 2 aromatic heterocycles. The molecular formula is C29H29N5O3. The number of aromatic nitrogens is 2. The Kier molecular flexibility index (Phi) is 7.54. The first-order valence-corrected chi connectivity index (χ1v) is 12.6. The van der Waals surface area contributed by atoms with Crippen molar-refractivity contribution in [3.8, 4) is 22.9 Å². The van der Waals surface area contributed by atoms with E-state index in [0.717, 1.165) is 55.2 Å². The van der Waals surface area contributed by atoms with E-state index in [-0.39, 0.29) is 12.1 Å². The number of carbonyl (C=O) groups excluding carboxylic acids is 1. The zero-order valence-electron chi connectivity index (χ0n) is 20.8. The Bertz CT molecular complexity index is 1300. The van der Waals surface area contributed by atoms with Crippen LogP contribution in [0.4, 0.5) is 0 Å². The molecule has 188 valence electrons. The fourth-order valence-corrected chi connectivity index (χ4v) is 4.83. The van der Waals surface area contributed by atoms with E-state index in [9.17, 15) is 10.1 Å². The smallest absolute Gasteiger partial charge is 0.262 e. The average molecular weight is 496 g/mol. The van der Waals surface area contributed by atoms with Crippen LogP contribution >= 0.6 is 0 Å². The Morgan fingerprint density at radius 2 is 1.84 bits per heavy atom. The van der Waals surface area contributed by atoms with Crippen molar-refractivity contribution in [3.63, 3.8) is 0 Å². The van der Waals surface area contributed by atoms with Crippen LogP contribution in [0.1, 0.15) is 30.3 Å². The van der Waals surface area contributed by atoms with Gasteiger partial charge in [-0.1, -0.05) is 31.2 Å². The van der Waals surface area contributed by atoms with E-state index < -0.39 is 5.91 Å². The van der Waals surface area contributed by atoms with Gasteiger partial charge < -0.3 is 14.8 Å². The molecule has 1 aliphatic carbocycles. The molecule has 0 spiro atoms. The van der Waals surface area contributed by atoms with E-state index >= 15 is 0 Å². The van der Waals surface area contributed by atoms with Gasteiger partial charge in [0.05, 0.1) is 30.2 Å². The summed E-state index contributed by atoms with van der Waals surface area (Å²) in [5.41, 5.74) is 4.33. The summed E-state index contributed by atoms with van der Waals surface area (Å²) in [6.07, 6.45) is 4.38. The number of nitrogens with one attached hydrogen (secondary N) is 1. The SMILES string of the molecule is CC[C@@H]1COCCN1CCOc1ccc(CNC(=O)C(C#N)=C2c3ncccc3-c3cccnc32)cc1. The summed E-state index contributed by atoms with van der Waals surface area (Å²) in [4.78, 5) is 24.4. The molecule has 1 amide bonds. The molecule has 1 aliphatic heterocycles. The van der Waals surface area contributed by atoms with Crippen molar-refractivity contribution in [1.82, 2.24) is 20.2 Å². The maximum Gasteiger partial charge on any atom is 0.262 e. The molecule has 0 radical (unpaired) electrons. The third-order valence-electron chi connectivity index (χ3n) is 6.81. The maximum absolute atomic E-state index is 13.1. The number of benzene rings is 1. The van der Waals surface area contributed by atoms with Crippen LogP contribution < -0.4 is 10.1 Å². The minimum Gasteiger partial charge on any atom is -0.492 e. The van der Waals surface area contributed by atoms with E-state index in [1.807, 2.05) is 48.5 Å². The Morgan fingerprint density at radius 3 is 2.49 bits per heavy atom. The molecule has 8 nitrogen and oxygen atoms in total. The van der Waals surface area contributed by atoms with Crippen molar-refractivity contribution < 1.29 is 14.3 Å². The van der Waals surface area contributed by atoms with Gasteiger partial charge in [0.2, 0.25) is 0 Å². The van der Waals surface area contributed by atoms with Crippen molar-refractivity contribution in [3.05, 3.63) is 83.4 Å². The molecule has 0 unspecified atom stereocenters. The summed E-state index contributed by atoms with van der Waals surface area (Å²) in [5, 5.41) is 12.8. The van der Waals surface area contributed by atoms with Gasteiger partial charge in [-0.2, -0.15) is 5.26 Å². The summed E-state index contributed by atoms with van der Waals surface area (Å²) in [5.74, 6) is 0.330. The predicted octanol–water partition coefficient (Wildman–Crippen LogP) is 3.59. The number of amides is 1. The Balaban J connectivity index is 1.21. The number of morpholine rings is 1. The number of nitrogens with zero attached hydrogens (tertiary/aromatic N) is 4. The molecule has 3 aromatic rings. The van der Waals surface area contributed by atoms with Gasteiger partial charge in [0, 0.05) is 49.2 Å². The van der Waals surface area contributed by atoms with Gasteiger partial charge in [0.25, 0.3) is 5.91 Å².